The number of methoxy groups -OCH3 is 1. The summed E-state index contributed by atoms with van der Waals surface area (Å²) in [6, 6.07) is 0.210. The Bertz CT molecular complexity index is 203. The van der Waals surface area contributed by atoms with Crippen LogP contribution >= 0.6 is 0 Å². The molecule has 0 aromatic heterocycles. The van der Waals surface area contributed by atoms with E-state index in [2.05, 4.69) is 20.8 Å². The zero-order valence-corrected chi connectivity index (χ0v) is 12.2. The van der Waals surface area contributed by atoms with Gasteiger partial charge in [0.25, 0.3) is 0 Å². The molecule has 102 valence electrons. The maximum absolute atomic E-state index is 6.34. The van der Waals surface area contributed by atoms with Gasteiger partial charge in [-0.3, -0.25) is 0 Å². The molecule has 0 spiro atoms. The Hall–Kier alpha value is -0.0800. The summed E-state index contributed by atoms with van der Waals surface area (Å²) in [6.45, 7) is 6.84. The number of hydrogen-bond donors (Lipinski definition) is 1. The first-order valence-corrected chi connectivity index (χ1v) is 7.22. The van der Waals surface area contributed by atoms with Crippen molar-refractivity contribution in [3.8, 4) is 0 Å². The summed E-state index contributed by atoms with van der Waals surface area (Å²) in [6.07, 6.45) is 9.26. The third-order valence-corrected chi connectivity index (χ3v) is 4.04. The van der Waals surface area contributed by atoms with Crippen LogP contribution < -0.4 is 5.73 Å². The molecule has 0 heterocycles. The van der Waals surface area contributed by atoms with Crippen molar-refractivity contribution in [1.29, 1.82) is 0 Å². The standard InChI is InChI=1S/C15H31NO/c1-15(2,3)11-10-13(16)14(17-4)12-8-6-5-7-9-12/h12-14H,5-11,16H2,1-4H3. The van der Waals surface area contributed by atoms with Gasteiger partial charge in [0.05, 0.1) is 6.10 Å². The zero-order valence-electron chi connectivity index (χ0n) is 12.2. The highest BCUT2D eigenvalue weighted by Crippen LogP contribution is 2.31. The molecule has 1 aliphatic carbocycles. The van der Waals surface area contributed by atoms with Gasteiger partial charge in [0.2, 0.25) is 0 Å². The summed E-state index contributed by atoms with van der Waals surface area (Å²) in [5.41, 5.74) is 6.72. The van der Waals surface area contributed by atoms with Crippen LogP contribution in [0.5, 0.6) is 0 Å². The molecule has 0 saturated heterocycles. The Balaban J connectivity index is 2.42. The lowest BCUT2D eigenvalue weighted by atomic mass is 9.80. The van der Waals surface area contributed by atoms with Crippen molar-refractivity contribution in [2.45, 2.75) is 77.9 Å². The van der Waals surface area contributed by atoms with Gasteiger partial charge < -0.3 is 10.5 Å². The Morgan fingerprint density at radius 2 is 1.76 bits per heavy atom. The fraction of sp³-hybridized carbons (Fsp3) is 1.00. The van der Waals surface area contributed by atoms with Gasteiger partial charge in [-0.2, -0.15) is 0 Å². The third kappa shape index (κ3) is 5.39. The first-order valence-electron chi connectivity index (χ1n) is 7.22. The smallest absolute Gasteiger partial charge is 0.0750 e. The first-order chi connectivity index (χ1) is 7.94. The van der Waals surface area contributed by atoms with E-state index in [0.29, 0.717) is 11.3 Å². The molecular weight excluding hydrogens is 210 g/mol. The molecule has 1 aliphatic rings. The largest absolute Gasteiger partial charge is 0.380 e. The second-order valence-electron chi connectivity index (χ2n) is 6.86. The zero-order chi connectivity index (χ0) is 12.9. The molecule has 0 aromatic rings. The number of rotatable bonds is 5. The molecule has 1 rings (SSSR count). The lowest BCUT2D eigenvalue weighted by Crippen LogP contribution is -2.42. The normalized spacial score (nSPS) is 22.4. The molecule has 0 aliphatic heterocycles. The second-order valence-corrected chi connectivity index (χ2v) is 6.86. The minimum absolute atomic E-state index is 0.210. The van der Waals surface area contributed by atoms with E-state index in [1.807, 2.05) is 7.11 Å². The van der Waals surface area contributed by atoms with Gasteiger partial charge in [0.15, 0.2) is 0 Å². The van der Waals surface area contributed by atoms with E-state index in [9.17, 15) is 0 Å². The fourth-order valence-corrected chi connectivity index (χ4v) is 2.94. The van der Waals surface area contributed by atoms with Crippen LogP contribution in [0.3, 0.4) is 0 Å². The van der Waals surface area contributed by atoms with Crippen molar-refractivity contribution in [2.75, 3.05) is 7.11 Å². The van der Waals surface area contributed by atoms with E-state index in [-0.39, 0.29) is 12.1 Å². The summed E-state index contributed by atoms with van der Waals surface area (Å²) in [5, 5.41) is 0. The van der Waals surface area contributed by atoms with Crippen molar-refractivity contribution in [1.82, 2.24) is 0 Å². The maximum atomic E-state index is 6.34. The monoisotopic (exact) mass is 241 g/mol. The molecule has 17 heavy (non-hydrogen) atoms. The molecule has 0 amide bonds. The quantitative estimate of drug-likeness (QED) is 0.796. The third-order valence-electron chi connectivity index (χ3n) is 4.04. The number of hydrogen-bond acceptors (Lipinski definition) is 2. The van der Waals surface area contributed by atoms with Gasteiger partial charge in [0.1, 0.15) is 0 Å². The fourth-order valence-electron chi connectivity index (χ4n) is 2.94. The molecule has 2 atom stereocenters. The van der Waals surface area contributed by atoms with E-state index < -0.39 is 0 Å². The van der Waals surface area contributed by atoms with E-state index in [1.165, 1.54) is 38.5 Å². The van der Waals surface area contributed by atoms with Gasteiger partial charge >= 0.3 is 0 Å². The van der Waals surface area contributed by atoms with Crippen LogP contribution in [0, 0.1) is 11.3 Å². The minimum Gasteiger partial charge on any atom is -0.380 e. The lowest BCUT2D eigenvalue weighted by Gasteiger charge is -2.34. The van der Waals surface area contributed by atoms with E-state index in [4.69, 9.17) is 10.5 Å². The van der Waals surface area contributed by atoms with E-state index >= 15 is 0 Å². The van der Waals surface area contributed by atoms with Crippen LogP contribution in [0.15, 0.2) is 0 Å². The highest BCUT2D eigenvalue weighted by atomic mass is 16.5. The molecule has 0 bridgehead atoms. The summed E-state index contributed by atoms with van der Waals surface area (Å²) in [5.74, 6) is 0.698. The Morgan fingerprint density at radius 1 is 1.18 bits per heavy atom. The van der Waals surface area contributed by atoms with Crippen molar-refractivity contribution in [3.05, 3.63) is 0 Å². The number of ether oxygens (including phenoxy) is 1. The minimum atomic E-state index is 0.210. The Kier molecular flexibility index (Phi) is 5.94. The molecule has 2 heteroatoms. The molecule has 1 fully saturated rings. The van der Waals surface area contributed by atoms with Gasteiger partial charge in [0, 0.05) is 13.2 Å². The van der Waals surface area contributed by atoms with Crippen molar-refractivity contribution < 1.29 is 4.74 Å². The Morgan fingerprint density at radius 3 is 2.24 bits per heavy atom. The van der Waals surface area contributed by atoms with Crippen LogP contribution in [0.25, 0.3) is 0 Å². The molecular formula is C15H31NO. The highest BCUT2D eigenvalue weighted by molar-refractivity contribution is 4.83. The van der Waals surface area contributed by atoms with E-state index in [0.717, 1.165) is 6.42 Å². The molecule has 1 saturated carbocycles. The molecule has 2 nitrogen and oxygen atoms in total. The highest BCUT2D eigenvalue weighted by Gasteiger charge is 2.29. The molecule has 0 aromatic carbocycles. The second kappa shape index (κ2) is 6.75. The van der Waals surface area contributed by atoms with Crippen LogP contribution in [0.4, 0.5) is 0 Å². The average Bonchev–Trinajstić information content (AvgIpc) is 2.28. The first kappa shape index (κ1) is 15.0. The van der Waals surface area contributed by atoms with E-state index in [1.54, 1.807) is 0 Å². The molecule has 2 unspecified atom stereocenters. The summed E-state index contributed by atoms with van der Waals surface area (Å²) in [7, 11) is 1.83. The van der Waals surface area contributed by atoms with Crippen LogP contribution in [-0.4, -0.2) is 19.3 Å². The topological polar surface area (TPSA) is 35.2 Å². The molecule has 2 N–H and O–H groups in total. The van der Waals surface area contributed by atoms with Crippen LogP contribution in [0.2, 0.25) is 0 Å². The van der Waals surface area contributed by atoms with Crippen molar-refractivity contribution in [3.63, 3.8) is 0 Å². The van der Waals surface area contributed by atoms with Gasteiger partial charge in [-0.15, -0.1) is 0 Å². The summed E-state index contributed by atoms with van der Waals surface area (Å²) in [4.78, 5) is 0. The average molecular weight is 241 g/mol. The lowest BCUT2D eigenvalue weighted by molar-refractivity contribution is 0.0136. The summed E-state index contributed by atoms with van der Waals surface area (Å²) >= 11 is 0. The maximum Gasteiger partial charge on any atom is 0.0750 e. The Labute approximate surface area is 107 Å². The van der Waals surface area contributed by atoms with Gasteiger partial charge in [-0.1, -0.05) is 40.0 Å². The predicted molar refractivity (Wildman–Crippen MR) is 74.0 cm³/mol. The SMILES string of the molecule is COC(C(N)CCC(C)(C)C)C1CCCCC1. The molecule has 0 radical (unpaired) electrons. The van der Waals surface area contributed by atoms with Gasteiger partial charge in [-0.05, 0) is 37.0 Å². The summed E-state index contributed by atoms with van der Waals surface area (Å²) < 4.78 is 5.69. The van der Waals surface area contributed by atoms with Crippen molar-refractivity contribution >= 4 is 0 Å². The van der Waals surface area contributed by atoms with Crippen LogP contribution in [0.1, 0.15) is 65.7 Å². The predicted octanol–water partition coefficient (Wildman–Crippen LogP) is 3.74. The van der Waals surface area contributed by atoms with Gasteiger partial charge in [-0.25, -0.2) is 0 Å². The van der Waals surface area contributed by atoms with Crippen molar-refractivity contribution in [2.24, 2.45) is 17.1 Å². The van der Waals surface area contributed by atoms with Crippen LogP contribution in [-0.2, 0) is 4.74 Å². The number of nitrogens with two attached hydrogens (primary N) is 1.